The van der Waals surface area contributed by atoms with E-state index in [0.717, 1.165) is 30.6 Å². The van der Waals surface area contributed by atoms with Gasteiger partial charge in [-0.2, -0.15) is 0 Å². The molecule has 3 fully saturated rings. The Morgan fingerprint density at radius 2 is 1.92 bits per heavy atom. The van der Waals surface area contributed by atoms with Crippen LogP contribution >= 0.6 is 0 Å². The molecule has 5 rings (SSSR count). The molecule has 2 heterocycles. The van der Waals surface area contributed by atoms with E-state index in [0.29, 0.717) is 11.7 Å². The summed E-state index contributed by atoms with van der Waals surface area (Å²) < 4.78 is 1.95. The van der Waals surface area contributed by atoms with Crippen LogP contribution in [0.15, 0.2) is 12.7 Å². The fourth-order valence-corrected chi connectivity index (χ4v) is 4.69. The Morgan fingerprint density at radius 3 is 2.67 bits per heavy atom. The third-order valence-electron chi connectivity index (χ3n) is 6.01. The van der Waals surface area contributed by atoms with Gasteiger partial charge in [0.15, 0.2) is 11.5 Å². The molecule has 6 atom stereocenters. The van der Waals surface area contributed by atoms with Crippen LogP contribution in [-0.2, 0) is 0 Å². The van der Waals surface area contributed by atoms with Crippen molar-refractivity contribution in [3.63, 3.8) is 0 Å². The topological polar surface area (TPSA) is 116 Å². The highest BCUT2D eigenvalue weighted by Crippen LogP contribution is 2.55. The average Bonchev–Trinajstić information content (AvgIpc) is 3.07. The van der Waals surface area contributed by atoms with Crippen LogP contribution in [0.25, 0.3) is 11.2 Å². The summed E-state index contributed by atoms with van der Waals surface area (Å²) in [5.74, 6) is 0.476. The number of fused-ring (bicyclic) bond motifs is 3. The Labute approximate surface area is 138 Å². The summed E-state index contributed by atoms with van der Waals surface area (Å²) in [6.45, 7) is -0.0203. The Morgan fingerprint density at radius 1 is 1.12 bits per heavy atom. The van der Waals surface area contributed by atoms with Crippen molar-refractivity contribution in [3.05, 3.63) is 12.7 Å². The second-order valence-electron chi connectivity index (χ2n) is 7.35. The molecule has 8 nitrogen and oxygen atoms in total. The zero-order valence-electron chi connectivity index (χ0n) is 13.2. The summed E-state index contributed by atoms with van der Waals surface area (Å²) in [6, 6.07) is 0.366. The van der Waals surface area contributed by atoms with Gasteiger partial charge in [-0.05, 0) is 25.2 Å². The number of aliphatic hydroxyl groups excluding tert-OH is 3. The zero-order valence-corrected chi connectivity index (χ0v) is 13.2. The number of rotatable bonds is 4. The maximum atomic E-state index is 10.3. The lowest BCUT2D eigenvalue weighted by Crippen LogP contribution is -2.44. The molecule has 0 aromatic carbocycles. The Bertz CT molecular complexity index is 774. The molecule has 24 heavy (non-hydrogen) atoms. The van der Waals surface area contributed by atoms with Gasteiger partial charge in [0.2, 0.25) is 0 Å². The fourth-order valence-electron chi connectivity index (χ4n) is 4.69. The van der Waals surface area contributed by atoms with Crippen molar-refractivity contribution >= 4 is 17.0 Å². The molecule has 2 aromatic rings. The smallest absolute Gasteiger partial charge is 0.165 e. The number of hydrogen-bond acceptors (Lipinski definition) is 7. The van der Waals surface area contributed by atoms with E-state index in [9.17, 15) is 15.3 Å². The number of nitrogens with one attached hydrogen (secondary N) is 1. The molecule has 2 bridgehead atoms. The van der Waals surface area contributed by atoms with Gasteiger partial charge in [-0.25, -0.2) is 15.0 Å². The standard InChI is InChI=1S/C16H21N5O3/c22-4-10-8-3-9(14(24)13(8)23)12(10)21-6-19-11-15(20-7-1-2-7)17-5-18-16(11)21/h5-10,12-14,22-24H,1-4H2,(H,17,18,20)/t8-,9+,10-,12-,13-,14+/m1/s1. The molecule has 0 unspecified atom stereocenters. The van der Waals surface area contributed by atoms with Gasteiger partial charge in [-0.3, -0.25) is 0 Å². The van der Waals surface area contributed by atoms with Crippen LogP contribution < -0.4 is 5.32 Å². The van der Waals surface area contributed by atoms with E-state index < -0.39 is 12.2 Å². The zero-order chi connectivity index (χ0) is 16.4. The third-order valence-corrected chi connectivity index (χ3v) is 6.01. The number of nitrogens with zero attached hydrogens (tertiary/aromatic N) is 4. The summed E-state index contributed by atoms with van der Waals surface area (Å²) in [4.78, 5) is 13.2. The first-order valence-electron chi connectivity index (χ1n) is 8.60. The molecule has 4 N–H and O–H groups in total. The SMILES string of the molecule is OC[C@@H]1[C@H]2C[C@H]([C@H](O)[C@@H]2O)[C@H]1n1cnc2c(NC3CC3)ncnc21. The number of aromatic nitrogens is 4. The van der Waals surface area contributed by atoms with Gasteiger partial charge >= 0.3 is 0 Å². The molecule has 128 valence electrons. The number of aliphatic hydroxyl groups is 3. The normalized spacial score (nSPS) is 38.1. The second-order valence-corrected chi connectivity index (χ2v) is 7.35. The maximum Gasteiger partial charge on any atom is 0.165 e. The van der Waals surface area contributed by atoms with Gasteiger partial charge in [0.1, 0.15) is 11.8 Å². The molecule has 8 heteroatoms. The molecule has 2 aromatic heterocycles. The van der Waals surface area contributed by atoms with E-state index in [1.807, 2.05) is 4.57 Å². The highest BCUT2D eigenvalue weighted by Gasteiger charge is 2.58. The lowest BCUT2D eigenvalue weighted by Gasteiger charge is -2.36. The van der Waals surface area contributed by atoms with Crippen molar-refractivity contribution in [2.75, 3.05) is 11.9 Å². The van der Waals surface area contributed by atoms with Crippen molar-refractivity contribution in [1.29, 1.82) is 0 Å². The highest BCUT2D eigenvalue weighted by atomic mass is 16.3. The first-order chi connectivity index (χ1) is 11.7. The van der Waals surface area contributed by atoms with E-state index >= 15 is 0 Å². The molecular formula is C16H21N5O3. The molecule has 3 saturated carbocycles. The lowest BCUT2D eigenvalue weighted by molar-refractivity contribution is -0.0621. The lowest BCUT2D eigenvalue weighted by atomic mass is 9.81. The predicted molar refractivity (Wildman–Crippen MR) is 85.2 cm³/mol. The summed E-state index contributed by atoms with van der Waals surface area (Å²) in [5.41, 5.74) is 1.43. The second kappa shape index (κ2) is 5.11. The number of hydrogen-bond donors (Lipinski definition) is 4. The van der Waals surface area contributed by atoms with Crippen molar-refractivity contribution in [1.82, 2.24) is 19.5 Å². The van der Waals surface area contributed by atoms with Crippen LogP contribution in [0.2, 0.25) is 0 Å². The summed E-state index contributed by atoms with van der Waals surface area (Å²) >= 11 is 0. The molecule has 0 spiro atoms. The van der Waals surface area contributed by atoms with Crippen LogP contribution in [0.1, 0.15) is 25.3 Å². The van der Waals surface area contributed by atoms with Crippen molar-refractivity contribution in [2.24, 2.45) is 17.8 Å². The summed E-state index contributed by atoms with van der Waals surface area (Å²) in [6.07, 6.45) is 4.76. The Hall–Kier alpha value is -1.77. The van der Waals surface area contributed by atoms with Crippen molar-refractivity contribution < 1.29 is 15.3 Å². The molecule has 3 aliphatic carbocycles. The van der Waals surface area contributed by atoms with Gasteiger partial charge < -0.3 is 25.2 Å². The molecule has 0 radical (unpaired) electrons. The van der Waals surface area contributed by atoms with Gasteiger partial charge in [-0.1, -0.05) is 0 Å². The maximum absolute atomic E-state index is 10.3. The minimum atomic E-state index is -0.758. The van der Waals surface area contributed by atoms with Gasteiger partial charge in [0, 0.05) is 30.5 Å². The summed E-state index contributed by atoms with van der Waals surface area (Å²) in [7, 11) is 0. The monoisotopic (exact) mass is 331 g/mol. The van der Waals surface area contributed by atoms with Crippen molar-refractivity contribution in [3.8, 4) is 0 Å². The third kappa shape index (κ3) is 1.93. The van der Waals surface area contributed by atoms with E-state index in [1.54, 1.807) is 6.33 Å². The summed E-state index contributed by atoms with van der Waals surface area (Å²) in [5, 5.41) is 33.7. The quantitative estimate of drug-likeness (QED) is 0.619. The van der Waals surface area contributed by atoms with Gasteiger partial charge in [0.25, 0.3) is 0 Å². The number of anilines is 1. The minimum Gasteiger partial charge on any atom is -0.396 e. The minimum absolute atomic E-state index is 0.0203. The van der Waals surface area contributed by atoms with Crippen LogP contribution in [0, 0.1) is 17.8 Å². The fraction of sp³-hybridized carbons (Fsp3) is 0.688. The first-order valence-corrected chi connectivity index (χ1v) is 8.60. The average molecular weight is 331 g/mol. The van der Waals surface area contributed by atoms with E-state index in [-0.39, 0.29) is 30.4 Å². The van der Waals surface area contributed by atoms with Gasteiger partial charge in [-0.15, -0.1) is 0 Å². The van der Waals surface area contributed by atoms with E-state index in [2.05, 4.69) is 20.3 Å². The van der Waals surface area contributed by atoms with Gasteiger partial charge in [0.05, 0.1) is 18.5 Å². The largest absolute Gasteiger partial charge is 0.396 e. The van der Waals surface area contributed by atoms with E-state index in [1.165, 1.54) is 6.33 Å². The molecule has 0 aliphatic heterocycles. The molecule has 3 aliphatic rings. The first kappa shape index (κ1) is 14.6. The van der Waals surface area contributed by atoms with E-state index in [4.69, 9.17) is 0 Å². The van der Waals surface area contributed by atoms with Crippen molar-refractivity contribution in [2.45, 2.75) is 43.6 Å². The van der Waals surface area contributed by atoms with Crippen LogP contribution in [-0.4, -0.2) is 59.7 Å². The Kier molecular flexibility index (Phi) is 3.10. The number of imidazole rings is 1. The molecular weight excluding hydrogens is 310 g/mol. The Balaban J connectivity index is 1.57. The van der Waals surface area contributed by atoms with Crippen LogP contribution in [0.3, 0.4) is 0 Å². The molecule has 0 saturated heterocycles. The van der Waals surface area contributed by atoms with Crippen LogP contribution in [0.5, 0.6) is 0 Å². The highest BCUT2D eigenvalue weighted by molar-refractivity contribution is 5.83. The molecule has 0 amide bonds. The van der Waals surface area contributed by atoms with Crippen LogP contribution in [0.4, 0.5) is 5.82 Å². The predicted octanol–water partition coefficient (Wildman–Crippen LogP) is -0.0783.